The predicted octanol–water partition coefficient (Wildman–Crippen LogP) is 2.57. The Hall–Kier alpha value is -0.920. The number of rotatable bonds is 5. The summed E-state index contributed by atoms with van der Waals surface area (Å²) < 4.78 is 26.5. The summed E-state index contributed by atoms with van der Waals surface area (Å²) in [5.74, 6) is -0.736. The lowest BCUT2D eigenvalue weighted by atomic mass is 9.86. The first-order chi connectivity index (χ1) is 9.32. The van der Waals surface area contributed by atoms with E-state index in [9.17, 15) is 13.2 Å². The van der Waals surface area contributed by atoms with Gasteiger partial charge in [0.25, 0.3) is 0 Å². The third kappa shape index (κ3) is 3.05. The Morgan fingerprint density at radius 3 is 2.60 bits per heavy atom. The molecular formula is C13H16BrNO4S. The molecule has 1 fully saturated rings. The summed E-state index contributed by atoms with van der Waals surface area (Å²) in [6.07, 6.45) is 3.27. The van der Waals surface area contributed by atoms with Crippen LogP contribution in [0, 0.1) is 5.92 Å². The summed E-state index contributed by atoms with van der Waals surface area (Å²) in [5, 5.41) is 9.05. The Bertz CT molecular complexity index is 625. The summed E-state index contributed by atoms with van der Waals surface area (Å²) in [6.45, 7) is 0.487. The summed E-state index contributed by atoms with van der Waals surface area (Å²) >= 11 is 3.11. The molecule has 7 heteroatoms. The molecule has 0 unspecified atom stereocenters. The van der Waals surface area contributed by atoms with Crippen molar-refractivity contribution in [3.63, 3.8) is 0 Å². The molecule has 1 aliphatic rings. The molecule has 0 saturated heterocycles. The van der Waals surface area contributed by atoms with Crippen molar-refractivity contribution in [1.29, 1.82) is 0 Å². The Labute approximate surface area is 126 Å². The molecule has 0 bridgehead atoms. The maximum Gasteiger partial charge on any atom is 0.336 e. The van der Waals surface area contributed by atoms with Crippen LogP contribution in [0.1, 0.15) is 29.6 Å². The van der Waals surface area contributed by atoms with Crippen LogP contribution in [-0.2, 0) is 10.0 Å². The highest BCUT2D eigenvalue weighted by Crippen LogP contribution is 2.29. The van der Waals surface area contributed by atoms with Gasteiger partial charge in [0.15, 0.2) is 0 Å². The fourth-order valence-corrected chi connectivity index (χ4v) is 3.84. The first-order valence-corrected chi connectivity index (χ1v) is 8.55. The lowest BCUT2D eigenvalue weighted by Gasteiger charge is -2.29. The number of nitrogens with zero attached hydrogens (tertiary/aromatic N) is 1. The van der Waals surface area contributed by atoms with Gasteiger partial charge in [0.2, 0.25) is 10.0 Å². The number of carbonyl (C=O) groups is 1. The minimum absolute atomic E-state index is 0.0138. The first-order valence-electron chi connectivity index (χ1n) is 6.31. The van der Waals surface area contributed by atoms with Crippen molar-refractivity contribution >= 4 is 31.9 Å². The van der Waals surface area contributed by atoms with E-state index >= 15 is 0 Å². The second-order valence-corrected chi connectivity index (χ2v) is 7.93. The lowest BCUT2D eigenvalue weighted by molar-refractivity contribution is 0.0695. The van der Waals surface area contributed by atoms with Gasteiger partial charge in [-0.1, -0.05) is 6.42 Å². The Balaban J connectivity index is 2.28. The monoisotopic (exact) mass is 361 g/mol. The smallest absolute Gasteiger partial charge is 0.336 e. The van der Waals surface area contributed by atoms with E-state index in [-0.39, 0.29) is 10.5 Å². The van der Waals surface area contributed by atoms with Crippen molar-refractivity contribution in [1.82, 2.24) is 4.31 Å². The third-order valence-corrected chi connectivity index (χ3v) is 6.13. The van der Waals surface area contributed by atoms with Crippen molar-refractivity contribution in [2.75, 3.05) is 13.6 Å². The molecule has 0 spiro atoms. The van der Waals surface area contributed by atoms with E-state index in [1.165, 1.54) is 29.6 Å². The number of hydrogen-bond donors (Lipinski definition) is 1. The highest BCUT2D eigenvalue weighted by Gasteiger charge is 2.27. The molecule has 20 heavy (non-hydrogen) atoms. The number of carboxylic acids is 1. The highest BCUT2D eigenvalue weighted by atomic mass is 79.9. The molecule has 110 valence electrons. The zero-order chi connectivity index (χ0) is 14.9. The predicted molar refractivity (Wildman–Crippen MR) is 78.3 cm³/mol. The number of sulfonamides is 1. The highest BCUT2D eigenvalue weighted by molar-refractivity contribution is 9.10. The van der Waals surface area contributed by atoms with E-state index < -0.39 is 16.0 Å². The molecule has 0 aliphatic heterocycles. The zero-order valence-corrected chi connectivity index (χ0v) is 13.4. The van der Waals surface area contributed by atoms with Crippen molar-refractivity contribution < 1.29 is 18.3 Å². The molecule has 1 N–H and O–H groups in total. The quantitative estimate of drug-likeness (QED) is 0.874. The zero-order valence-electron chi connectivity index (χ0n) is 11.0. The van der Waals surface area contributed by atoms with Gasteiger partial charge in [-0.3, -0.25) is 0 Å². The van der Waals surface area contributed by atoms with Crippen molar-refractivity contribution in [3.05, 3.63) is 28.2 Å². The van der Waals surface area contributed by atoms with Crippen LogP contribution in [0.4, 0.5) is 0 Å². The maximum atomic E-state index is 12.4. The van der Waals surface area contributed by atoms with Crippen LogP contribution in [0.15, 0.2) is 27.6 Å². The van der Waals surface area contributed by atoms with Crippen molar-refractivity contribution in [2.45, 2.75) is 24.2 Å². The van der Waals surface area contributed by atoms with E-state index in [1.807, 2.05) is 0 Å². The largest absolute Gasteiger partial charge is 0.478 e. The van der Waals surface area contributed by atoms with Crippen LogP contribution in [0.5, 0.6) is 0 Å². The number of hydrogen-bond acceptors (Lipinski definition) is 3. The maximum absolute atomic E-state index is 12.4. The van der Waals surface area contributed by atoms with Crippen molar-refractivity contribution in [3.8, 4) is 0 Å². The molecule has 2 rings (SSSR count). The molecule has 5 nitrogen and oxygen atoms in total. The van der Waals surface area contributed by atoms with E-state index in [0.717, 1.165) is 19.3 Å². The van der Waals surface area contributed by atoms with Gasteiger partial charge in [-0.2, -0.15) is 0 Å². The summed E-state index contributed by atoms with van der Waals surface area (Å²) in [5.41, 5.74) is -0.0527. The number of halogens is 1. The van der Waals surface area contributed by atoms with E-state index in [4.69, 9.17) is 5.11 Å². The molecule has 0 radical (unpaired) electrons. The Morgan fingerprint density at radius 2 is 2.10 bits per heavy atom. The second-order valence-electron chi connectivity index (χ2n) is 5.03. The topological polar surface area (TPSA) is 74.7 Å². The molecule has 0 aromatic heterocycles. The average Bonchev–Trinajstić information content (AvgIpc) is 2.33. The van der Waals surface area contributed by atoms with Gasteiger partial charge >= 0.3 is 5.97 Å². The minimum Gasteiger partial charge on any atom is -0.478 e. The van der Waals surface area contributed by atoms with Gasteiger partial charge in [-0.25, -0.2) is 17.5 Å². The van der Waals surface area contributed by atoms with E-state index in [1.54, 1.807) is 0 Å². The summed E-state index contributed by atoms with van der Waals surface area (Å²) in [4.78, 5) is 11.1. The number of benzene rings is 1. The molecule has 1 aromatic rings. The standard InChI is InChI=1S/C13H16BrNO4S/c1-15(8-9-3-2-4-9)20(18,19)10-5-6-12(14)11(7-10)13(16)17/h5-7,9H,2-4,8H2,1H3,(H,16,17). The lowest BCUT2D eigenvalue weighted by Crippen LogP contribution is -2.34. The summed E-state index contributed by atoms with van der Waals surface area (Å²) in [6, 6.07) is 4.07. The molecule has 1 aromatic carbocycles. The van der Waals surface area contributed by atoms with Gasteiger partial charge < -0.3 is 5.11 Å². The van der Waals surface area contributed by atoms with Crippen LogP contribution in [0.3, 0.4) is 0 Å². The average molecular weight is 362 g/mol. The van der Waals surface area contributed by atoms with Crippen LogP contribution in [0.25, 0.3) is 0 Å². The minimum atomic E-state index is -3.63. The number of aromatic carboxylic acids is 1. The molecule has 0 heterocycles. The van der Waals surface area contributed by atoms with Gasteiger partial charge in [-0.15, -0.1) is 0 Å². The van der Waals surface area contributed by atoms with E-state index in [2.05, 4.69) is 15.9 Å². The Morgan fingerprint density at radius 1 is 1.45 bits per heavy atom. The Kier molecular flexibility index (Phi) is 4.51. The van der Waals surface area contributed by atoms with Gasteiger partial charge in [0.1, 0.15) is 0 Å². The SMILES string of the molecule is CN(CC1CCC1)S(=O)(=O)c1ccc(Br)c(C(=O)O)c1. The van der Waals surface area contributed by atoms with Crippen molar-refractivity contribution in [2.24, 2.45) is 5.92 Å². The fraction of sp³-hybridized carbons (Fsp3) is 0.462. The van der Waals surface area contributed by atoms with Gasteiger partial charge in [0.05, 0.1) is 10.5 Å². The van der Waals surface area contributed by atoms with Gasteiger partial charge in [-0.05, 0) is 52.9 Å². The molecule has 0 amide bonds. The van der Waals surface area contributed by atoms with Crippen LogP contribution in [-0.4, -0.2) is 37.4 Å². The van der Waals surface area contributed by atoms with Crippen LogP contribution < -0.4 is 0 Å². The molecular weight excluding hydrogens is 346 g/mol. The van der Waals surface area contributed by atoms with Crippen LogP contribution >= 0.6 is 15.9 Å². The van der Waals surface area contributed by atoms with E-state index in [0.29, 0.717) is 16.9 Å². The number of carboxylic acid groups (broad SMARTS) is 1. The van der Waals surface area contributed by atoms with Gasteiger partial charge in [0, 0.05) is 18.1 Å². The molecule has 1 aliphatic carbocycles. The fourth-order valence-electron chi connectivity index (χ4n) is 2.15. The third-order valence-electron chi connectivity index (χ3n) is 3.62. The van der Waals surface area contributed by atoms with Crippen LogP contribution in [0.2, 0.25) is 0 Å². The molecule has 0 atom stereocenters. The molecule has 1 saturated carbocycles. The summed E-state index contributed by atoms with van der Waals surface area (Å²) in [7, 11) is -2.10. The first kappa shape index (κ1) is 15.5. The normalized spacial score (nSPS) is 16.1. The second kappa shape index (κ2) is 5.83.